The number of para-hydroxylation sites is 1. The normalized spacial score (nSPS) is 16.0. The molecular weight excluding hydrogens is 497 g/mol. The number of halogens is 3. The zero-order chi connectivity index (χ0) is 24.2. The quantitative estimate of drug-likeness (QED) is 0.292. The largest absolute Gasteiger partial charge is 0.413 e. The van der Waals surface area contributed by atoms with Crippen LogP contribution in [0.5, 0.6) is 0 Å². The average Bonchev–Trinajstić information content (AvgIpc) is 3.04. The van der Waals surface area contributed by atoms with Gasteiger partial charge in [-0.05, 0) is 35.9 Å². The van der Waals surface area contributed by atoms with E-state index in [1.54, 1.807) is 54.4 Å². The van der Waals surface area contributed by atoms with E-state index >= 15 is 0 Å². The summed E-state index contributed by atoms with van der Waals surface area (Å²) in [7, 11) is -2.70. The zero-order valence-corrected chi connectivity index (χ0v) is 19.7. The van der Waals surface area contributed by atoms with Crippen molar-refractivity contribution in [1.82, 2.24) is 0 Å². The Kier molecular flexibility index (Phi) is 7.83. The zero-order valence-electron chi connectivity index (χ0n) is 17.3. The van der Waals surface area contributed by atoms with Gasteiger partial charge in [-0.3, -0.25) is 13.9 Å². The second-order valence-electron chi connectivity index (χ2n) is 7.00. The van der Waals surface area contributed by atoms with Crippen LogP contribution in [-0.4, -0.2) is 50.8 Å². The standard InChI is InChI=1S/C21H19F3N2O4S3/c1-25(11-12-33(28,29)30-14-21(22,23)24)16-9-7-15(8-10-16)13-18-19(27)26(20(31)32-18)17-5-3-2-4-6-17/h2-10,13H,11-12,14H2,1H3/b18-13+. The first kappa shape index (κ1) is 25.2. The second-order valence-corrected chi connectivity index (χ2v) is 10.4. The minimum absolute atomic E-state index is 0.0602. The molecule has 1 heterocycles. The van der Waals surface area contributed by atoms with Crippen molar-refractivity contribution < 1.29 is 30.6 Å². The number of carbonyl (C=O) groups excluding carboxylic acids is 1. The lowest BCUT2D eigenvalue weighted by Crippen LogP contribution is -2.28. The minimum Gasteiger partial charge on any atom is -0.373 e. The number of nitrogens with zero attached hydrogens (tertiary/aromatic N) is 2. The maximum absolute atomic E-state index is 12.8. The van der Waals surface area contributed by atoms with Crippen molar-refractivity contribution in [1.29, 1.82) is 0 Å². The molecule has 1 aliphatic rings. The number of rotatable bonds is 8. The number of benzene rings is 2. The van der Waals surface area contributed by atoms with Crippen LogP contribution in [0.1, 0.15) is 5.56 Å². The first-order chi connectivity index (χ1) is 15.5. The summed E-state index contributed by atoms with van der Waals surface area (Å²) >= 11 is 6.54. The van der Waals surface area contributed by atoms with Gasteiger partial charge < -0.3 is 4.90 Å². The van der Waals surface area contributed by atoms with Crippen molar-refractivity contribution in [2.24, 2.45) is 0 Å². The molecule has 1 aliphatic heterocycles. The Morgan fingerprint density at radius 2 is 1.76 bits per heavy atom. The molecule has 0 N–H and O–H groups in total. The van der Waals surface area contributed by atoms with Crippen LogP contribution in [0.15, 0.2) is 59.5 Å². The molecule has 0 saturated carbocycles. The van der Waals surface area contributed by atoms with Crippen LogP contribution >= 0.6 is 24.0 Å². The average molecular weight is 517 g/mol. The van der Waals surface area contributed by atoms with Crippen LogP contribution < -0.4 is 9.80 Å². The second kappa shape index (κ2) is 10.2. The fourth-order valence-corrected chi connectivity index (χ4v) is 5.06. The summed E-state index contributed by atoms with van der Waals surface area (Å²) in [5.41, 5.74) is 2.08. The Bertz CT molecular complexity index is 1150. The van der Waals surface area contributed by atoms with Crippen molar-refractivity contribution in [3.8, 4) is 0 Å². The Labute approximate surface area is 199 Å². The van der Waals surface area contributed by atoms with Crippen molar-refractivity contribution >= 4 is 61.8 Å². The van der Waals surface area contributed by atoms with Crippen LogP contribution in [0, 0.1) is 0 Å². The summed E-state index contributed by atoms with van der Waals surface area (Å²) in [4.78, 5) is 16.3. The van der Waals surface area contributed by atoms with Gasteiger partial charge in [-0.15, -0.1) is 0 Å². The van der Waals surface area contributed by atoms with E-state index in [9.17, 15) is 26.4 Å². The molecule has 3 rings (SSSR count). The smallest absolute Gasteiger partial charge is 0.373 e. The number of carbonyl (C=O) groups is 1. The van der Waals surface area contributed by atoms with Gasteiger partial charge in [0.05, 0.1) is 16.3 Å². The minimum atomic E-state index is -4.72. The van der Waals surface area contributed by atoms with Crippen molar-refractivity contribution in [3.63, 3.8) is 0 Å². The van der Waals surface area contributed by atoms with Crippen LogP contribution in [0.2, 0.25) is 0 Å². The summed E-state index contributed by atoms with van der Waals surface area (Å²) < 4.78 is 64.2. The molecule has 33 heavy (non-hydrogen) atoms. The van der Waals surface area contributed by atoms with E-state index in [2.05, 4.69) is 4.18 Å². The molecule has 12 heteroatoms. The fourth-order valence-electron chi connectivity index (χ4n) is 2.84. The Morgan fingerprint density at radius 3 is 2.36 bits per heavy atom. The molecule has 0 unspecified atom stereocenters. The van der Waals surface area contributed by atoms with E-state index in [0.717, 1.165) is 5.56 Å². The summed E-state index contributed by atoms with van der Waals surface area (Å²) in [5.74, 6) is -0.815. The molecule has 1 amide bonds. The van der Waals surface area contributed by atoms with Gasteiger partial charge in [0.1, 0.15) is 0 Å². The maximum Gasteiger partial charge on any atom is 0.413 e. The molecule has 6 nitrogen and oxygen atoms in total. The number of thiocarbonyl (C=S) groups is 1. The SMILES string of the molecule is CN(CCS(=O)(=O)OCC(F)(F)F)c1ccc(/C=C2/SC(=S)N(c3ccccc3)C2=O)cc1. The summed E-state index contributed by atoms with van der Waals surface area (Å²) in [6, 6.07) is 16.0. The fraction of sp³-hybridized carbons (Fsp3) is 0.238. The predicted octanol–water partition coefficient (Wildman–Crippen LogP) is 4.44. The van der Waals surface area contributed by atoms with Gasteiger partial charge >= 0.3 is 6.18 Å². The molecule has 0 spiro atoms. The molecule has 1 fully saturated rings. The molecule has 0 bridgehead atoms. The number of hydrogen-bond donors (Lipinski definition) is 0. The maximum atomic E-state index is 12.8. The lowest BCUT2D eigenvalue weighted by molar-refractivity contribution is -0.152. The van der Waals surface area contributed by atoms with E-state index in [0.29, 0.717) is 20.6 Å². The highest BCUT2D eigenvalue weighted by atomic mass is 32.2. The van der Waals surface area contributed by atoms with Gasteiger partial charge in [-0.25, -0.2) is 0 Å². The molecule has 0 atom stereocenters. The predicted molar refractivity (Wildman–Crippen MR) is 128 cm³/mol. The number of hydrogen-bond acceptors (Lipinski definition) is 7. The third kappa shape index (κ3) is 7.03. The van der Waals surface area contributed by atoms with E-state index in [1.165, 1.54) is 16.7 Å². The van der Waals surface area contributed by atoms with E-state index < -0.39 is 28.7 Å². The van der Waals surface area contributed by atoms with E-state index in [-0.39, 0.29) is 12.5 Å². The van der Waals surface area contributed by atoms with E-state index in [1.807, 2.05) is 18.2 Å². The molecule has 2 aromatic carbocycles. The highest BCUT2D eigenvalue weighted by molar-refractivity contribution is 8.27. The molecule has 176 valence electrons. The number of amides is 1. The molecule has 0 aromatic heterocycles. The molecule has 2 aromatic rings. The molecule has 0 aliphatic carbocycles. The van der Waals surface area contributed by atoms with Gasteiger partial charge in [0, 0.05) is 19.3 Å². The highest BCUT2D eigenvalue weighted by Gasteiger charge is 2.33. The van der Waals surface area contributed by atoms with Gasteiger partial charge in [0.25, 0.3) is 16.0 Å². The Morgan fingerprint density at radius 1 is 1.12 bits per heavy atom. The van der Waals surface area contributed by atoms with Crippen molar-refractivity contribution in [2.45, 2.75) is 6.18 Å². The lowest BCUT2D eigenvalue weighted by atomic mass is 10.1. The first-order valence-electron chi connectivity index (χ1n) is 9.53. The third-order valence-corrected chi connectivity index (χ3v) is 6.98. The van der Waals surface area contributed by atoms with Crippen molar-refractivity contribution in [3.05, 3.63) is 65.1 Å². The molecule has 1 saturated heterocycles. The number of alkyl halides is 3. The van der Waals surface area contributed by atoms with Crippen LogP contribution in [0.25, 0.3) is 6.08 Å². The van der Waals surface area contributed by atoms with Crippen LogP contribution in [-0.2, 0) is 19.1 Å². The molecule has 0 radical (unpaired) electrons. The lowest BCUT2D eigenvalue weighted by Gasteiger charge is -2.19. The monoisotopic (exact) mass is 516 g/mol. The van der Waals surface area contributed by atoms with Gasteiger partial charge in [-0.2, -0.15) is 21.6 Å². The third-order valence-electron chi connectivity index (χ3n) is 4.52. The van der Waals surface area contributed by atoms with Crippen LogP contribution in [0.3, 0.4) is 0 Å². The first-order valence-corrected chi connectivity index (χ1v) is 12.3. The summed E-state index contributed by atoms with van der Waals surface area (Å²) in [5, 5.41) is 0. The molecular formula is C21H19F3N2O4S3. The topological polar surface area (TPSA) is 66.9 Å². The van der Waals surface area contributed by atoms with E-state index in [4.69, 9.17) is 12.2 Å². The Balaban J connectivity index is 1.62. The van der Waals surface area contributed by atoms with Gasteiger partial charge in [0.15, 0.2) is 10.9 Å². The van der Waals surface area contributed by atoms with Gasteiger partial charge in [-0.1, -0.05) is 54.3 Å². The van der Waals surface area contributed by atoms with Gasteiger partial charge in [0.2, 0.25) is 0 Å². The summed E-state index contributed by atoms with van der Waals surface area (Å²) in [6.07, 6.45) is -3.01. The number of anilines is 2. The van der Waals surface area contributed by atoms with Crippen LogP contribution in [0.4, 0.5) is 24.5 Å². The summed E-state index contributed by atoms with van der Waals surface area (Å²) in [6.45, 7) is -1.90. The number of thioether (sulfide) groups is 1. The highest BCUT2D eigenvalue weighted by Crippen LogP contribution is 2.36. The Hall–Kier alpha value is -2.41. The van der Waals surface area contributed by atoms with Crippen molar-refractivity contribution in [2.75, 3.05) is 35.8 Å².